The molecule has 5 N–H and O–H groups in total. The number of Topliss-reactive ketones (excluding diaryl/α,β-unsaturated/α-hetero) is 1. The van der Waals surface area contributed by atoms with Crippen LogP contribution in [0.15, 0.2) is 11.6 Å². The Hall–Kier alpha value is -3.12. The number of carboxylic acid groups (broad SMARTS) is 1. The maximum Gasteiger partial charge on any atom is 0.326 e. The summed E-state index contributed by atoms with van der Waals surface area (Å²) in [6, 6.07) is -2.10. The number of hydrogen-bond acceptors (Lipinski definition) is 9. The Morgan fingerprint density at radius 3 is 2.44 bits per heavy atom. The molecule has 0 aromatic rings. The van der Waals surface area contributed by atoms with Gasteiger partial charge >= 0.3 is 11.9 Å². The van der Waals surface area contributed by atoms with E-state index >= 15 is 0 Å². The van der Waals surface area contributed by atoms with Crippen LogP contribution in [0.3, 0.4) is 0 Å². The van der Waals surface area contributed by atoms with E-state index in [4.69, 9.17) is 4.74 Å². The number of aliphatic hydroxyl groups is 2. The summed E-state index contributed by atoms with van der Waals surface area (Å²) in [5.74, 6) is -3.77. The molecule has 45 heavy (non-hydrogen) atoms. The Morgan fingerprint density at radius 2 is 1.78 bits per heavy atom. The number of amides is 2. The second-order valence-corrected chi connectivity index (χ2v) is 14.0. The highest BCUT2D eigenvalue weighted by atomic mass is 16.5. The van der Waals surface area contributed by atoms with E-state index in [1.165, 1.54) is 6.92 Å². The number of carbonyl (C=O) groups excluding carboxylic acids is 5. The fraction of sp³-hybridized carbons (Fsp3) is 0.758. The third kappa shape index (κ3) is 6.58. The average molecular weight is 633 g/mol. The van der Waals surface area contributed by atoms with E-state index in [0.717, 1.165) is 18.4 Å². The first-order valence-electron chi connectivity index (χ1n) is 16.2. The van der Waals surface area contributed by atoms with Gasteiger partial charge in [-0.2, -0.15) is 0 Å². The molecule has 4 aliphatic carbocycles. The molecule has 0 unspecified atom stereocenters. The van der Waals surface area contributed by atoms with Crippen molar-refractivity contribution in [3.63, 3.8) is 0 Å². The maximum absolute atomic E-state index is 13.4. The maximum atomic E-state index is 13.4. The van der Waals surface area contributed by atoms with Crippen LogP contribution in [0.25, 0.3) is 0 Å². The highest BCUT2D eigenvalue weighted by molar-refractivity contribution is 5.93. The van der Waals surface area contributed by atoms with Crippen molar-refractivity contribution in [3.8, 4) is 0 Å². The predicted octanol–water partition coefficient (Wildman–Crippen LogP) is 1.99. The Labute approximate surface area is 263 Å². The first-order chi connectivity index (χ1) is 21.1. The third-order valence-electron chi connectivity index (χ3n) is 11.4. The van der Waals surface area contributed by atoms with Crippen molar-refractivity contribution < 1.29 is 48.8 Å². The van der Waals surface area contributed by atoms with Gasteiger partial charge < -0.3 is 30.7 Å². The van der Waals surface area contributed by atoms with E-state index in [2.05, 4.69) is 17.6 Å². The van der Waals surface area contributed by atoms with E-state index in [0.29, 0.717) is 25.7 Å². The van der Waals surface area contributed by atoms with Gasteiger partial charge in [0.2, 0.25) is 17.6 Å². The van der Waals surface area contributed by atoms with Crippen LogP contribution in [0.2, 0.25) is 0 Å². The summed E-state index contributed by atoms with van der Waals surface area (Å²) >= 11 is 0. The number of nitrogens with one attached hydrogen (secondary N) is 2. The van der Waals surface area contributed by atoms with Gasteiger partial charge in [0.05, 0.1) is 12.5 Å². The SMILES string of the molecule is CCC[C@H](NC(=O)[C@H](C)NC(=O)CCC(=O)OCC(=O)[C@@]1(O)CC[C@@H]2[C@@H]3CCC4=CC(=O)CC[C@]4(C)[C@H]3[C@@H](O)C[C@@]21C)C(=O)O. The molecule has 2 amide bonds. The van der Waals surface area contributed by atoms with E-state index in [1.807, 2.05) is 6.92 Å². The number of allylic oxidation sites excluding steroid dienone is 1. The van der Waals surface area contributed by atoms with Crippen molar-refractivity contribution in [3.05, 3.63) is 11.6 Å². The monoisotopic (exact) mass is 632 g/mol. The van der Waals surface area contributed by atoms with E-state index in [-0.39, 0.29) is 61.1 Å². The van der Waals surface area contributed by atoms with Gasteiger partial charge in [0.1, 0.15) is 17.7 Å². The molecular formula is C33H48N2O10. The van der Waals surface area contributed by atoms with Gasteiger partial charge in [-0.3, -0.25) is 24.0 Å². The zero-order valence-corrected chi connectivity index (χ0v) is 26.7. The van der Waals surface area contributed by atoms with Gasteiger partial charge in [0.25, 0.3) is 0 Å². The lowest BCUT2D eigenvalue weighted by Gasteiger charge is -2.60. The average Bonchev–Trinajstić information content (AvgIpc) is 3.25. The molecule has 0 aromatic carbocycles. The summed E-state index contributed by atoms with van der Waals surface area (Å²) < 4.78 is 5.17. The number of rotatable bonds is 12. The summed E-state index contributed by atoms with van der Waals surface area (Å²) in [6.07, 6.45) is 4.80. The minimum absolute atomic E-state index is 0.0119. The quantitative estimate of drug-likeness (QED) is 0.198. The Bertz CT molecular complexity index is 1260. The molecule has 0 aliphatic heterocycles. The van der Waals surface area contributed by atoms with Gasteiger partial charge in [-0.25, -0.2) is 4.79 Å². The van der Waals surface area contributed by atoms with Gasteiger partial charge in [0, 0.05) is 18.3 Å². The number of fused-ring (bicyclic) bond motifs is 5. The molecule has 0 bridgehead atoms. The summed E-state index contributed by atoms with van der Waals surface area (Å²) in [6.45, 7) is 6.51. The topological polar surface area (TPSA) is 196 Å². The highest BCUT2D eigenvalue weighted by Gasteiger charge is 2.68. The second-order valence-electron chi connectivity index (χ2n) is 14.0. The summed E-state index contributed by atoms with van der Waals surface area (Å²) in [5.41, 5.74) is -1.88. The van der Waals surface area contributed by atoms with Crippen LogP contribution in [-0.2, 0) is 33.5 Å². The number of esters is 1. The zero-order valence-electron chi connectivity index (χ0n) is 26.7. The number of ketones is 2. The van der Waals surface area contributed by atoms with Crippen LogP contribution < -0.4 is 10.6 Å². The molecule has 9 atom stereocenters. The fourth-order valence-corrected chi connectivity index (χ4v) is 8.93. The molecule has 0 spiro atoms. The smallest absolute Gasteiger partial charge is 0.326 e. The highest BCUT2D eigenvalue weighted by Crippen LogP contribution is 2.67. The van der Waals surface area contributed by atoms with Crippen LogP contribution in [0, 0.1) is 28.6 Å². The molecule has 0 aromatic heterocycles. The van der Waals surface area contributed by atoms with Crippen molar-refractivity contribution >= 4 is 35.3 Å². The van der Waals surface area contributed by atoms with Crippen molar-refractivity contribution in [1.29, 1.82) is 0 Å². The largest absolute Gasteiger partial charge is 0.480 e. The number of aliphatic hydroxyl groups excluding tert-OH is 1. The lowest BCUT2D eigenvalue weighted by Crippen LogP contribution is -2.62. The molecule has 4 rings (SSSR count). The van der Waals surface area contributed by atoms with E-state index in [9.17, 15) is 44.1 Å². The summed E-state index contributed by atoms with van der Waals surface area (Å²) in [7, 11) is 0. The zero-order chi connectivity index (χ0) is 33.3. The molecular weight excluding hydrogens is 584 g/mol. The lowest BCUT2D eigenvalue weighted by molar-refractivity contribution is -0.184. The number of hydrogen-bond donors (Lipinski definition) is 5. The molecule has 250 valence electrons. The molecule has 3 fully saturated rings. The minimum atomic E-state index is -1.78. The second kappa shape index (κ2) is 13.3. The minimum Gasteiger partial charge on any atom is -0.480 e. The molecule has 0 saturated heterocycles. The Kier molecular flexibility index (Phi) is 10.3. The lowest BCUT2D eigenvalue weighted by atomic mass is 9.45. The van der Waals surface area contributed by atoms with Crippen LogP contribution in [-0.4, -0.2) is 81.0 Å². The Morgan fingerprint density at radius 1 is 1.07 bits per heavy atom. The number of ether oxygens (including phenoxy) is 1. The van der Waals surface area contributed by atoms with Crippen molar-refractivity contribution in [1.82, 2.24) is 10.6 Å². The van der Waals surface area contributed by atoms with Crippen molar-refractivity contribution in [2.45, 2.75) is 122 Å². The van der Waals surface area contributed by atoms with E-state index in [1.54, 1.807) is 13.0 Å². The third-order valence-corrected chi connectivity index (χ3v) is 11.4. The molecule has 12 nitrogen and oxygen atoms in total. The Balaban J connectivity index is 1.30. The van der Waals surface area contributed by atoms with Crippen molar-refractivity contribution in [2.75, 3.05) is 6.61 Å². The number of carbonyl (C=O) groups is 6. The first kappa shape index (κ1) is 34.7. The molecule has 0 heterocycles. The van der Waals surface area contributed by atoms with Crippen molar-refractivity contribution in [2.24, 2.45) is 28.6 Å². The molecule has 12 heteroatoms. The van der Waals surface area contributed by atoms with Gasteiger partial charge in [0.15, 0.2) is 12.4 Å². The molecule has 4 aliphatic rings. The van der Waals surface area contributed by atoms with E-state index < -0.39 is 65.3 Å². The molecule has 3 saturated carbocycles. The number of carboxylic acids is 1. The summed E-state index contributed by atoms with van der Waals surface area (Å²) in [5, 5.41) is 37.3. The van der Waals surface area contributed by atoms with Gasteiger partial charge in [-0.1, -0.05) is 32.8 Å². The fourth-order valence-electron chi connectivity index (χ4n) is 8.93. The summed E-state index contributed by atoms with van der Waals surface area (Å²) in [4.78, 5) is 73.9. The van der Waals surface area contributed by atoms with Crippen LogP contribution >= 0.6 is 0 Å². The standard InChI is InChI=1S/C33H48N2O10/c1-5-6-23(30(42)43)35-29(41)18(2)34-26(39)9-10-27(40)45-17-25(38)33(44)14-12-22-21-8-7-19-15-20(36)11-13-31(19,3)28(21)24(37)16-32(22,33)4/h15,18,21-24,28,37,44H,5-14,16-17H2,1-4H3,(H,34,39)(H,35,41)(H,42,43)/t18-,21-,22+,23-,24-,28+,31-,32-,33-/m0/s1. The van der Waals surface area contributed by atoms with Gasteiger partial charge in [-0.05, 0) is 81.1 Å². The normalized spacial score (nSPS) is 35.1. The number of aliphatic carboxylic acids is 1. The molecule has 0 radical (unpaired) electrons. The van der Waals surface area contributed by atoms with Crippen LogP contribution in [0.1, 0.15) is 98.3 Å². The van der Waals surface area contributed by atoms with Gasteiger partial charge in [-0.15, -0.1) is 0 Å². The van der Waals surface area contributed by atoms with Crippen LogP contribution in [0.5, 0.6) is 0 Å². The predicted molar refractivity (Wildman–Crippen MR) is 160 cm³/mol. The van der Waals surface area contributed by atoms with Crippen LogP contribution in [0.4, 0.5) is 0 Å². The first-order valence-corrected chi connectivity index (χ1v) is 16.2.